The third kappa shape index (κ3) is 3.64. The second-order valence-electron chi connectivity index (χ2n) is 7.49. The van der Waals surface area contributed by atoms with Gasteiger partial charge in [-0.2, -0.15) is 0 Å². The Bertz CT molecular complexity index is 852. The standard InChI is InChI=1S/C22H26N2O4/c1-15-4-6-16(7-5-15)11-23-13-18-21(14-23)28-22(25)24(18)12-17-8-9-19(26-2)20(10-17)27-3/h4-10,18,21H,11-14H2,1-3H3/t18-,21+/m0/s1. The molecule has 2 aromatic rings. The maximum atomic E-state index is 12.4. The molecule has 0 spiro atoms. The zero-order valence-electron chi connectivity index (χ0n) is 16.6. The molecule has 0 N–H and O–H groups in total. The Balaban J connectivity index is 1.44. The van der Waals surface area contributed by atoms with Crippen LogP contribution in [0, 0.1) is 6.92 Å². The Labute approximate surface area is 165 Å². The first-order chi connectivity index (χ1) is 13.6. The Morgan fingerprint density at radius 3 is 2.39 bits per heavy atom. The highest BCUT2D eigenvalue weighted by Gasteiger charge is 2.47. The van der Waals surface area contributed by atoms with Gasteiger partial charge >= 0.3 is 6.09 Å². The van der Waals surface area contributed by atoms with Gasteiger partial charge in [-0.25, -0.2) is 4.79 Å². The molecule has 1 amide bonds. The van der Waals surface area contributed by atoms with E-state index in [1.54, 1.807) is 14.2 Å². The van der Waals surface area contributed by atoms with E-state index in [0.717, 1.165) is 25.2 Å². The summed E-state index contributed by atoms with van der Waals surface area (Å²) in [4.78, 5) is 16.6. The Hall–Kier alpha value is -2.73. The van der Waals surface area contributed by atoms with Crippen LogP contribution in [0.3, 0.4) is 0 Å². The molecule has 2 saturated heterocycles. The fourth-order valence-electron chi connectivity index (χ4n) is 4.02. The molecule has 0 aromatic heterocycles. The molecular formula is C22H26N2O4. The lowest BCUT2D eigenvalue weighted by molar-refractivity contribution is 0.119. The highest BCUT2D eigenvalue weighted by atomic mass is 16.6. The van der Waals surface area contributed by atoms with Crippen LogP contribution in [0.2, 0.25) is 0 Å². The molecule has 6 nitrogen and oxygen atoms in total. The number of hydrogen-bond acceptors (Lipinski definition) is 5. The van der Waals surface area contributed by atoms with E-state index in [-0.39, 0.29) is 18.2 Å². The monoisotopic (exact) mass is 382 g/mol. The van der Waals surface area contributed by atoms with Gasteiger partial charge in [-0.05, 0) is 30.2 Å². The highest BCUT2D eigenvalue weighted by Crippen LogP contribution is 2.32. The van der Waals surface area contributed by atoms with Crippen molar-refractivity contribution in [3.63, 3.8) is 0 Å². The van der Waals surface area contributed by atoms with Crippen molar-refractivity contribution in [1.82, 2.24) is 9.80 Å². The summed E-state index contributed by atoms with van der Waals surface area (Å²) in [6.45, 7) is 5.05. The predicted molar refractivity (Wildman–Crippen MR) is 106 cm³/mol. The second-order valence-corrected chi connectivity index (χ2v) is 7.49. The van der Waals surface area contributed by atoms with Gasteiger partial charge in [0, 0.05) is 26.2 Å². The number of aryl methyl sites for hydroxylation is 1. The molecular weight excluding hydrogens is 356 g/mol. The fourth-order valence-corrected chi connectivity index (χ4v) is 4.02. The van der Waals surface area contributed by atoms with Crippen molar-refractivity contribution in [2.24, 2.45) is 0 Å². The summed E-state index contributed by atoms with van der Waals surface area (Å²) >= 11 is 0. The van der Waals surface area contributed by atoms with Gasteiger partial charge in [0.1, 0.15) is 6.10 Å². The number of rotatable bonds is 6. The summed E-state index contributed by atoms with van der Waals surface area (Å²) in [6.07, 6.45) is -0.308. The number of hydrogen-bond donors (Lipinski definition) is 0. The molecule has 2 heterocycles. The molecule has 148 valence electrons. The summed E-state index contributed by atoms with van der Waals surface area (Å²) in [7, 11) is 3.23. The van der Waals surface area contributed by atoms with E-state index in [1.807, 2.05) is 23.1 Å². The third-order valence-electron chi connectivity index (χ3n) is 5.53. The first kappa shape index (κ1) is 18.6. The summed E-state index contributed by atoms with van der Waals surface area (Å²) in [5.74, 6) is 1.34. The zero-order valence-corrected chi connectivity index (χ0v) is 16.6. The van der Waals surface area contributed by atoms with E-state index in [9.17, 15) is 4.79 Å². The first-order valence-corrected chi connectivity index (χ1v) is 9.53. The maximum absolute atomic E-state index is 12.4. The van der Waals surface area contributed by atoms with E-state index in [2.05, 4.69) is 36.1 Å². The molecule has 4 rings (SSSR count). The molecule has 0 bridgehead atoms. The minimum Gasteiger partial charge on any atom is -0.493 e. The lowest BCUT2D eigenvalue weighted by Gasteiger charge is -2.23. The van der Waals surface area contributed by atoms with Crippen molar-refractivity contribution in [2.45, 2.75) is 32.2 Å². The van der Waals surface area contributed by atoms with Crippen LogP contribution < -0.4 is 9.47 Å². The summed E-state index contributed by atoms with van der Waals surface area (Å²) < 4.78 is 16.3. The number of amides is 1. The normalized spacial score (nSPS) is 21.5. The minimum absolute atomic E-state index is 0.0712. The predicted octanol–water partition coefficient (Wildman–Crippen LogP) is 3.22. The van der Waals surface area contributed by atoms with Crippen LogP contribution in [0.1, 0.15) is 16.7 Å². The van der Waals surface area contributed by atoms with Gasteiger partial charge < -0.3 is 14.2 Å². The van der Waals surface area contributed by atoms with Gasteiger partial charge in [0.05, 0.1) is 20.3 Å². The van der Waals surface area contributed by atoms with Gasteiger partial charge in [-0.3, -0.25) is 9.80 Å². The minimum atomic E-state index is -0.236. The Morgan fingerprint density at radius 1 is 0.964 bits per heavy atom. The summed E-state index contributed by atoms with van der Waals surface area (Å²) in [5.41, 5.74) is 3.53. The highest BCUT2D eigenvalue weighted by molar-refractivity contribution is 5.71. The Morgan fingerprint density at radius 2 is 1.68 bits per heavy atom. The number of likely N-dealkylation sites (tertiary alicyclic amines) is 1. The van der Waals surface area contributed by atoms with Crippen LogP contribution >= 0.6 is 0 Å². The fraction of sp³-hybridized carbons (Fsp3) is 0.409. The summed E-state index contributed by atoms with van der Waals surface area (Å²) in [5, 5.41) is 0. The van der Waals surface area contributed by atoms with E-state index in [0.29, 0.717) is 18.0 Å². The molecule has 28 heavy (non-hydrogen) atoms. The largest absolute Gasteiger partial charge is 0.493 e. The average Bonchev–Trinajstić information content (AvgIpc) is 3.21. The topological polar surface area (TPSA) is 51.2 Å². The smallest absolute Gasteiger partial charge is 0.410 e. The molecule has 0 aliphatic carbocycles. The first-order valence-electron chi connectivity index (χ1n) is 9.53. The number of methoxy groups -OCH3 is 2. The van der Waals surface area contributed by atoms with E-state index >= 15 is 0 Å². The average molecular weight is 382 g/mol. The number of nitrogens with zero attached hydrogens (tertiary/aromatic N) is 2. The Kier molecular flexibility index (Phi) is 5.13. The molecule has 0 unspecified atom stereocenters. The molecule has 2 aromatic carbocycles. The molecule has 2 fully saturated rings. The van der Waals surface area contributed by atoms with E-state index in [1.165, 1.54) is 11.1 Å². The lowest BCUT2D eigenvalue weighted by Crippen LogP contribution is -2.37. The number of carbonyl (C=O) groups is 1. The van der Waals surface area contributed by atoms with Crippen LogP contribution in [0.4, 0.5) is 4.79 Å². The van der Waals surface area contributed by atoms with E-state index < -0.39 is 0 Å². The third-order valence-corrected chi connectivity index (χ3v) is 5.53. The SMILES string of the molecule is COc1ccc(CN2C(=O)O[C@@H]3CN(Cc4ccc(C)cc4)C[C@@H]32)cc1OC. The number of benzene rings is 2. The van der Waals surface area contributed by atoms with Crippen molar-refractivity contribution in [3.8, 4) is 11.5 Å². The van der Waals surface area contributed by atoms with Crippen molar-refractivity contribution < 1.29 is 19.0 Å². The number of ether oxygens (including phenoxy) is 3. The molecule has 2 atom stereocenters. The van der Waals surface area contributed by atoms with Gasteiger partial charge in [0.2, 0.25) is 0 Å². The number of carbonyl (C=O) groups excluding carboxylic acids is 1. The van der Waals surface area contributed by atoms with Crippen LogP contribution in [0.25, 0.3) is 0 Å². The molecule has 0 saturated carbocycles. The molecule has 0 radical (unpaired) electrons. The second kappa shape index (κ2) is 7.72. The van der Waals surface area contributed by atoms with Crippen LogP contribution in [-0.4, -0.2) is 55.3 Å². The van der Waals surface area contributed by atoms with Gasteiger partial charge in [0.25, 0.3) is 0 Å². The van der Waals surface area contributed by atoms with Crippen molar-refractivity contribution in [3.05, 3.63) is 59.2 Å². The summed E-state index contributed by atoms with van der Waals surface area (Å²) in [6, 6.07) is 14.4. The molecule has 2 aliphatic rings. The van der Waals surface area contributed by atoms with Crippen LogP contribution in [-0.2, 0) is 17.8 Å². The molecule has 2 aliphatic heterocycles. The van der Waals surface area contributed by atoms with Gasteiger partial charge in [0.15, 0.2) is 11.5 Å². The van der Waals surface area contributed by atoms with Crippen LogP contribution in [0.5, 0.6) is 11.5 Å². The van der Waals surface area contributed by atoms with Crippen molar-refractivity contribution in [2.75, 3.05) is 27.3 Å². The maximum Gasteiger partial charge on any atom is 0.410 e. The lowest BCUT2D eigenvalue weighted by atomic mass is 10.1. The van der Waals surface area contributed by atoms with E-state index in [4.69, 9.17) is 14.2 Å². The quantitative estimate of drug-likeness (QED) is 0.768. The van der Waals surface area contributed by atoms with Crippen molar-refractivity contribution >= 4 is 6.09 Å². The van der Waals surface area contributed by atoms with Crippen LogP contribution in [0.15, 0.2) is 42.5 Å². The number of fused-ring (bicyclic) bond motifs is 1. The molecule has 6 heteroatoms. The zero-order chi connectivity index (χ0) is 19.7. The van der Waals surface area contributed by atoms with Gasteiger partial charge in [-0.1, -0.05) is 35.9 Å². The van der Waals surface area contributed by atoms with Crippen molar-refractivity contribution in [1.29, 1.82) is 0 Å². The van der Waals surface area contributed by atoms with Gasteiger partial charge in [-0.15, -0.1) is 0 Å².